The molecule has 212 valence electrons. The molecule has 0 unspecified atom stereocenters. The van der Waals surface area contributed by atoms with Crippen LogP contribution in [0.25, 0.3) is 5.69 Å². The molecule has 0 bridgehead atoms. The third-order valence-corrected chi connectivity index (χ3v) is 5.81. The van der Waals surface area contributed by atoms with E-state index in [1.807, 2.05) is 20.8 Å². The van der Waals surface area contributed by atoms with Gasteiger partial charge in [-0.3, -0.25) is 20.0 Å². The van der Waals surface area contributed by atoms with Crippen molar-refractivity contribution < 1.29 is 28.2 Å². The molecule has 2 aromatic heterocycles. The highest BCUT2D eigenvalue weighted by molar-refractivity contribution is 5.91. The van der Waals surface area contributed by atoms with E-state index < -0.39 is 17.7 Å². The lowest BCUT2D eigenvalue weighted by Crippen LogP contribution is -2.30. The van der Waals surface area contributed by atoms with Gasteiger partial charge in [-0.25, -0.2) is 18.9 Å². The molecule has 0 aliphatic heterocycles. The number of nitrogens with one attached hydrogen (secondary N) is 1. The number of pyridine rings is 1. The summed E-state index contributed by atoms with van der Waals surface area (Å²) < 4.78 is 27.4. The Balaban J connectivity index is 1.65. The first-order chi connectivity index (χ1) is 19.5. The summed E-state index contributed by atoms with van der Waals surface area (Å²) in [7, 11) is 0. The smallest absolute Gasteiger partial charge is 0.338 e. The van der Waals surface area contributed by atoms with E-state index in [4.69, 9.17) is 15.2 Å². The Morgan fingerprint density at radius 2 is 1.85 bits per heavy atom. The number of anilines is 2. The van der Waals surface area contributed by atoms with E-state index in [2.05, 4.69) is 15.5 Å². The van der Waals surface area contributed by atoms with Crippen molar-refractivity contribution in [2.24, 2.45) is 5.73 Å². The van der Waals surface area contributed by atoms with Crippen LogP contribution >= 0.6 is 0 Å². The van der Waals surface area contributed by atoms with Gasteiger partial charge in [0.25, 0.3) is 5.91 Å². The van der Waals surface area contributed by atoms with Crippen molar-refractivity contribution >= 4 is 29.8 Å². The molecule has 0 saturated heterocycles. The summed E-state index contributed by atoms with van der Waals surface area (Å²) in [5.41, 5.74) is 9.06. The van der Waals surface area contributed by atoms with Gasteiger partial charge in [-0.2, -0.15) is 5.10 Å². The van der Waals surface area contributed by atoms with Gasteiger partial charge in [0, 0.05) is 29.8 Å². The number of ether oxygens (including phenoxy) is 2. The topological polar surface area (TPSA) is 142 Å². The van der Waals surface area contributed by atoms with Crippen LogP contribution in [0.4, 0.5) is 15.9 Å². The van der Waals surface area contributed by atoms with Crippen LogP contribution < -0.4 is 20.9 Å². The van der Waals surface area contributed by atoms with Crippen molar-refractivity contribution in [3.8, 4) is 17.2 Å². The van der Waals surface area contributed by atoms with Crippen molar-refractivity contribution in [3.05, 3.63) is 89.6 Å². The second-order valence-corrected chi connectivity index (χ2v) is 9.89. The van der Waals surface area contributed by atoms with Gasteiger partial charge in [0.1, 0.15) is 17.2 Å². The van der Waals surface area contributed by atoms with Crippen LogP contribution in [0.2, 0.25) is 0 Å². The summed E-state index contributed by atoms with van der Waals surface area (Å²) in [6.07, 6.45) is 1.84. The molecule has 0 aliphatic rings. The normalized spacial score (nSPS) is 11.0. The summed E-state index contributed by atoms with van der Waals surface area (Å²) in [5, 5.41) is 5.77. The molecule has 0 spiro atoms. The lowest BCUT2D eigenvalue weighted by atomic mass is 9.92. The summed E-state index contributed by atoms with van der Waals surface area (Å²) in [6.45, 7) is 7.83. The SMILES string of the molecule is CCOC(=O)c1cccc(-n2nc(C(C)(C)C)cc2N(C=O)Nc2ccc(Oc3ccnc(C(N)=O)c3)cc2F)c1. The van der Waals surface area contributed by atoms with Crippen LogP contribution in [0.15, 0.2) is 66.9 Å². The average molecular weight is 561 g/mol. The second-order valence-electron chi connectivity index (χ2n) is 9.89. The summed E-state index contributed by atoms with van der Waals surface area (Å²) in [5.74, 6) is -1.27. The molecule has 12 heteroatoms. The van der Waals surface area contributed by atoms with Crippen molar-refractivity contribution in [2.45, 2.75) is 33.1 Å². The number of hydrogen-bond donors (Lipinski definition) is 2. The molecule has 2 amide bonds. The number of carbonyl (C=O) groups excluding carboxylic acids is 3. The van der Waals surface area contributed by atoms with E-state index in [0.717, 1.165) is 11.1 Å². The van der Waals surface area contributed by atoms with Crippen molar-refractivity contribution in [2.75, 3.05) is 17.0 Å². The van der Waals surface area contributed by atoms with Gasteiger partial charge in [0.2, 0.25) is 6.41 Å². The number of nitrogens with two attached hydrogens (primary N) is 1. The predicted octanol–water partition coefficient (Wildman–Crippen LogP) is 4.76. The minimum atomic E-state index is -0.725. The summed E-state index contributed by atoms with van der Waals surface area (Å²) >= 11 is 0. The fourth-order valence-electron chi connectivity index (χ4n) is 3.74. The lowest BCUT2D eigenvalue weighted by Gasteiger charge is -2.21. The number of primary amides is 1. The molecule has 0 saturated carbocycles. The van der Waals surface area contributed by atoms with Crippen molar-refractivity contribution in [1.82, 2.24) is 14.8 Å². The molecule has 4 rings (SSSR count). The number of halogens is 1. The zero-order valence-corrected chi connectivity index (χ0v) is 22.9. The predicted molar refractivity (Wildman–Crippen MR) is 150 cm³/mol. The summed E-state index contributed by atoms with van der Waals surface area (Å²) in [4.78, 5) is 39.8. The molecule has 0 fully saturated rings. The van der Waals surface area contributed by atoms with E-state index in [-0.39, 0.29) is 40.7 Å². The monoisotopic (exact) mass is 560 g/mol. The molecule has 0 aliphatic carbocycles. The molecule has 3 N–H and O–H groups in total. The fourth-order valence-corrected chi connectivity index (χ4v) is 3.74. The highest BCUT2D eigenvalue weighted by Gasteiger charge is 2.24. The minimum Gasteiger partial charge on any atom is -0.462 e. The van der Waals surface area contributed by atoms with E-state index in [1.54, 1.807) is 37.3 Å². The van der Waals surface area contributed by atoms with Crippen molar-refractivity contribution in [1.29, 1.82) is 0 Å². The molecule has 41 heavy (non-hydrogen) atoms. The van der Waals surface area contributed by atoms with Gasteiger partial charge < -0.3 is 15.2 Å². The van der Waals surface area contributed by atoms with Crippen LogP contribution in [-0.4, -0.2) is 39.7 Å². The number of benzene rings is 2. The Morgan fingerprint density at radius 1 is 1.10 bits per heavy atom. The number of hydrazine groups is 1. The molecule has 2 aromatic carbocycles. The molecular weight excluding hydrogens is 531 g/mol. The first-order valence-corrected chi connectivity index (χ1v) is 12.6. The quantitative estimate of drug-likeness (QED) is 0.161. The Morgan fingerprint density at radius 3 is 2.51 bits per heavy atom. The van der Waals surface area contributed by atoms with Crippen LogP contribution in [0.3, 0.4) is 0 Å². The van der Waals surface area contributed by atoms with Gasteiger partial charge in [0.15, 0.2) is 11.6 Å². The zero-order chi connectivity index (χ0) is 29.7. The third-order valence-electron chi connectivity index (χ3n) is 5.81. The molecule has 0 radical (unpaired) electrons. The van der Waals surface area contributed by atoms with E-state index in [0.29, 0.717) is 23.4 Å². The number of nitrogens with zero attached hydrogens (tertiary/aromatic N) is 4. The van der Waals surface area contributed by atoms with Gasteiger partial charge in [-0.1, -0.05) is 26.8 Å². The van der Waals surface area contributed by atoms with Gasteiger partial charge in [-0.05, 0) is 43.3 Å². The Bertz CT molecular complexity index is 1600. The average Bonchev–Trinajstić information content (AvgIpc) is 3.39. The molecular formula is C29H29FN6O5. The van der Waals surface area contributed by atoms with Crippen LogP contribution in [0, 0.1) is 5.82 Å². The van der Waals surface area contributed by atoms with E-state index in [1.165, 1.54) is 35.1 Å². The maximum Gasteiger partial charge on any atom is 0.338 e. The van der Waals surface area contributed by atoms with Crippen LogP contribution in [-0.2, 0) is 14.9 Å². The first-order valence-electron chi connectivity index (χ1n) is 12.6. The zero-order valence-electron chi connectivity index (χ0n) is 22.9. The first kappa shape index (κ1) is 28.7. The van der Waals surface area contributed by atoms with Gasteiger partial charge in [-0.15, -0.1) is 0 Å². The van der Waals surface area contributed by atoms with Crippen molar-refractivity contribution in [3.63, 3.8) is 0 Å². The molecule has 4 aromatic rings. The molecule has 0 atom stereocenters. The highest BCUT2D eigenvalue weighted by atomic mass is 19.1. The second kappa shape index (κ2) is 11.9. The fraction of sp³-hybridized carbons (Fsp3) is 0.207. The van der Waals surface area contributed by atoms with Crippen LogP contribution in [0.5, 0.6) is 11.5 Å². The Hall–Kier alpha value is -5.26. The van der Waals surface area contributed by atoms with E-state index in [9.17, 15) is 14.4 Å². The number of aromatic nitrogens is 3. The van der Waals surface area contributed by atoms with E-state index >= 15 is 4.39 Å². The number of amides is 2. The minimum absolute atomic E-state index is 0.00177. The number of rotatable bonds is 10. The lowest BCUT2D eigenvalue weighted by molar-refractivity contribution is -0.107. The number of esters is 1. The molecule has 11 nitrogen and oxygen atoms in total. The maximum atomic E-state index is 15.2. The Kier molecular flexibility index (Phi) is 8.32. The number of carbonyl (C=O) groups is 3. The standard InChI is InChI=1S/C29H29FN6O5/c1-5-40-28(39)18-7-6-8-19(13-18)36-26(16-25(34-36)29(2,3)4)35(17-37)33-23-10-9-20(14-22(23)30)41-21-11-12-32-24(15-21)27(31)38/h6-17,33H,5H2,1-4H3,(H2,31,38). The summed E-state index contributed by atoms with van der Waals surface area (Å²) in [6, 6.07) is 15.2. The maximum absolute atomic E-state index is 15.2. The third kappa shape index (κ3) is 6.67. The highest BCUT2D eigenvalue weighted by Crippen LogP contribution is 2.30. The largest absolute Gasteiger partial charge is 0.462 e. The molecule has 2 heterocycles. The van der Waals surface area contributed by atoms with Crippen LogP contribution in [0.1, 0.15) is 54.2 Å². The van der Waals surface area contributed by atoms with Gasteiger partial charge >= 0.3 is 5.97 Å². The van der Waals surface area contributed by atoms with Gasteiger partial charge in [0.05, 0.1) is 29.2 Å². The Labute approximate surface area is 235 Å². The number of hydrogen-bond acceptors (Lipinski definition) is 8.